The molecule has 0 atom stereocenters. The lowest BCUT2D eigenvalue weighted by molar-refractivity contribution is -0.118. The van der Waals surface area contributed by atoms with Gasteiger partial charge in [-0.1, -0.05) is 23.6 Å². The summed E-state index contributed by atoms with van der Waals surface area (Å²) in [6.45, 7) is 0.0590. The first-order valence-corrected chi connectivity index (χ1v) is 7.70. The molecule has 0 saturated carbocycles. The molecule has 7 nitrogen and oxygen atoms in total. The summed E-state index contributed by atoms with van der Waals surface area (Å²) in [6, 6.07) is 3.01. The third kappa shape index (κ3) is 5.51. The number of amides is 1. The molecule has 0 aliphatic rings. The van der Waals surface area contributed by atoms with Crippen LogP contribution >= 0.6 is 11.8 Å². The molecule has 0 unspecified atom stereocenters. The number of aryl methyl sites for hydroxylation is 1. The average molecular weight is 353 g/mol. The summed E-state index contributed by atoms with van der Waals surface area (Å²) in [5.41, 5.74) is 0. The highest BCUT2D eigenvalue weighted by atomic mass is 32.2. The maximum atomic E-state index is 13.3. The summed E-state index contributed by atoms with van der Waals surface area (Å²) >= 11 is 1.20. The molecule has 0 aliphatic heterocycles. The van der Waals surface area contributed by atoms with Gasteiger partial charge in [-0.05, 0) is 22.6 Å². The number of thioether (sulfide) groups is 1. The third-order valence-electron chi connectivity index (χ3n) is 2.61. The second-order valence-electron chi connectivity index (χ2n) is 4.37. The number of hydrogen-bond acceptors (Lipinski definition) is 6. The Bertz CT molecular complexity index is 772. The molecule has 0 bridgehead atoms. The minimum atomic E-state index is -0.791. The van der Waals surface area contributed by atoms with Crippen molar-refractivity contribution < 1.29 is 18.3 Å². The SMILES string of the molecule is Cn1nnnc1SCC(=O)NCC#CCOc1ccc(F)cc1F. The van der Waals surface area contributed by atoms with E-state index in [0.29, 0.717) is 5.16 Å². The fraction of sp³-hybridized carbons (Fsp3) is 0.286. The summed E-state index contributed by atoms with van der Waals surface area (Å²) in [5, 5.41) is 14.0. The first-order chi connectivity index (χ1) is 11.6. The van der Waals surface area contributed by atoms with Crippen molar-refractivity contribution in [1.29, 1.82) is 0 Å². The number of rotatable bonds is 6. The van der Waals surface area contributed by atoms with Crippen molar-refractivity contribution in [2.75, 3.05) is 18.9 Å². The minimum Gasteiger partial charge on any atom is -0.478 e. The molecule has 2 rings (SSSR count). The van der Waals surface area contributed by atoms with E-state index in [1.807, 2.05) is 0 Å². The molecule has 1 amide bonds. The van der Waals surface area contributed by atoms with Crippen molar-refractivity contribution >= 4 is 17.7 Å². The van der Waals surface area contributed by atoms with Gasteiger partial charge in [0.1, 0.15) is 12.4 Å². The summed E-state index contributed by atoms with van der Waals surface area (Å²) in [6.07, 6.45) is 0. The lowest BCUT2D eigenvalue weighted by Gasteiger charge is -2.03. The number of benzene rings is 1. The highest BCUT2D eigenvalue weighted by Crippen LogP contribution is 2.17. The van der Waals surface area contributed by atoms with Crippen LogP contribution in [0.25, 0.3) is 0 Å². The van der Waals surface area contributed by atoms with Gasteiger partial charge in [0.15, 0.2) is 11.6 Å². The Morgan fingerprint density at radius 1 is 1.42 bits per heavy atom. The molecule has 2 aromatic rings. The van der Waals surface area contributed by atoms with Gasteiger partial charge in [0, 0.05) is 13.1 Å². The molecule has 1 N–H and O–H groups in total. The van der Waals surface area contributed by atoms with Gasteiger partial charge >= 0.3 is 0 Å². The Hall–Kier alpha value is -2.67. The summed E-state index contributed by atoms with van der Waals surface area (Å²) in [5.74, 6) is 3.67. The maximum Gasteiger partial charge on any atom is 0.231 e. The predicted octanol–water partition coefficient (Wildman–Crippen LogP) is 0.779. The molecule has 1 aromatic heterocycles. The largest absolute Gasteiger partial charge is 0.478 e. The van der Waals surface area contributed by atoms with Gasteiger partial charge in [0.25, 0.3) is 0 Å². The van der Waals surface area contributed by atoms with Crippen LogP contribution in [0.5, 0.6) is 5.75 Å². The first-order valence-electron chi connectivity index (χ1n) is 6.71. The molecule has 0 fully saturated rings. The van der Waals surface area contributed by atoms with Crippen LogP contribution in [0.4, 0.5) is 8.78 Å². The fourth-order valence-electron chi connectivity index (χ4n) is 1.49. The van der Waals surface area contributed by atoms with Crippen molar-refractivity contribution in [2.45, 2.75) is 5.16 Å². The van der Waals surface area contributed by atoms with E-state index in [1.165, 1.54) is 22.5 Å². The maximum absolute atomic E-state index is 13.3. The quantitative estimate of drug-likeness (QED) is 0.611. The van der Waals surface area contributed by atoms with E-state index in [4.69, 9.17) is 4.74 Å². The van der Waals surface area contributed by atoms with Crippen LogP contribution in [0.15, 0.2) is 23.4 Å². The van der Waals surface area contributed by atoms with Gasteiger partial charge in [0.05, 0.1) is 12.3 Å². The van der Waals surface area contributed by atoms with Crippen LogP contribution < -0.4 is 10.1 Å². The van der Waals surface area contributed by atoms with Crippen molar-refractivity contribution in [3.8, 4) is 17.6 Å². The van der Waals surface area contributed by atoms with Crippen LogP contribution in [0.2, 0.25) is 0 Å². The first kappa shape index (κ1) is 17.7. The number of halogens is 2. The van der Waals surface area contributed by atoms with Crippen LogP contribution in [-0.2, 0) is 11.8 Å². The number of nitrogens with one attached hydrogen (secondary N) is 1. The second-order valence-corrected chi connectivity index (χ2v) is 5.31. The van der Waals surface area contributed by atoms with Gasteiger partial charge in [-0.2, -0.15) is 0 Å². The minimum absolute atomic E-state index is 0.0716. The smallest absolute Gasteiger partial charge is 0.231 e. The molecular weight excluding hydrogens is 340 g/mol. The highest BCUT2D eigenvalue weighted by molar-refractivity contribution is 7.99. The molecule has 10 heteroatoms. The summed E-state index contributed by atoms with van der Waals surface area (Å²) < 4.78 is 32.5. The standard InChI is InChI=1S/C14H13F2N5O2S/c1-21-14(18-19-20-21)24-9-13(22)17-6-2-3-7-23-12-5-4-10(15)8-11(12)16/h4-5,8H,6-7,9H2,1H3,(H,17,22). The van der Waals surface area contributed by atoms with Gasteiger partial charge in [0.2, 0.25) is 11.1 Å². The van der Waals surface area contributed by atoms with Gasteiger partial charge < -0.3 is 10.1 Å². The van der Waals surface area contributed by atoms with E-state index < -0.39 is 11.6 Å². The molecule has 0 spiro atoms. The predicted molar refractivity (Wildman–Crippen MR) is 82.2 cm³/mol. The Morgan fingerprint density at radius 3 is 2.96 bits per heavy atom. The molecule has 126 valence electrons. The van der Waals surface area contributed by atoms with Gasteiger partial charge in [-0.25, -0.2) is 13.5 Å². The van der Waals surface area contributed by atoms with Crippen LogP contribution in [0.1, 0.15) is 0 Å². The van der Waals surface area contributed by atoms with Crippen LogP contribution in [0, 0.1) is 23.5 Å². The van der Waals surface area contributed by atoms with E-state index in [2.05, 4.69) is 32.7 Å². The fourth-order valence-corrected chi connectivity index (χ4v) is 2.17. The van der Waals surface area contributed by atoms with Crippen molar-refractivity contribution in [3.05, 3.63) is 29.8 Å². The Kier molecular flexibility index (Phi) is 6.51. The number of carbonyl (C=O) groups is 1. The number of nitrogens with zero attached hydrogens (tertiary/aromatic N) is 4. The number of carbonyl (C=O) groups excluding carboxylic acids is 1. The van der Waals surface area contributed by atoms with E-state index in [9.17, 15) is 13.6 Å². The summed E-state index contributed by atoms with van der Waals surface area (Å²) in [7, 11) is 1.68. The van der Waals surface area contributed by atoms with Crippen LogP contribution in [0.3, 0.4) is 0 Å². The Morgan fingerprint density at radius 2 is 2.25 bits per heavy atom. The topological polar surface area (TPSA) is 81.9 Å². The van der Waals surface area contributed by atoms with Crippen molar-refractivity contribution in [1.82, 2.24) is 25.5 Å². The van der Waals surface area contributed by atoms with Crippen molar-refractivity contribution in [3.63, 3.8) is 0 Å². The molecule has 0 saturated heterocycles. The average Bonchev–Trinajstić information content (AvgIpc) is 2.95. The van der Waals surface area contributed by atoms with E-state index in [0.717, 1.165) is 12.1 Å². The number of tetrazole rings is 1. The number of ether oxygens (including phenoxy) is 1. The second kappa shape index (κ2) is 8.83. The zero-order chi connectivity index (χ0) is 17.4. The third-order valence-corrected chi connectivity index (χ3v) is 3.62. The molecular formula is C14H13F2N5O2S. The Balaban J connectivity index is 1.64. The van der Waals surface area contributed by atoms with E-state index >= 15 is 0 Å². The lowest BCUT2D eigenvalue weighted by Crippen LogP contribution is -2.25. The molecule has 1 aromatic carbocycles. The molecule has 0 aliphatic carbocycles. The van der Waals surface area contributed by atoms with Gasteiger partial charge in [-0.3, -0.25) is 4.79 Å². The monoisotopic (exact) mass is 353 g/mol. The lowest BCUT2D eigenvalue weighted by atomic mass is 10.3. The zero-order valence-corrected chi connectivity index (χ0v) is 13.4. The molecule has 1 heterocycles. The van der Waals surface area contributed by atoms with E-state index in [1.54, 1.807) is 7.05 Å². The molecule has 0 radical (unpaired) electrons. The summed E-state index contributed by atoms with van der Waals surface area (Å²) in [4.78, 5) is 11.6. The van der Waals surface area contributed by atoms with Crippen LogP contribution in [-0.4, -0.2) is 45.0 Å². The number of aromatic nitrogens is 4. The highest BCUT2D eigenvalue weighted by Gasteiger charge is 2.06. The Labute approximate surface area is 140 Å². The van der Waals surface area contributed by atoms with E-state index in [-0.39, 0.29) is 30.6 Å². The number of hydrogen-bond donors (Lipinski definition) is 1. The normalized spacial score (nSPS) is 9.96. The molecule has 24 heavy (non-hydrogen) atoms. The zero-order valence-electron chi connectivity index (χ0n) is 12.6. The van der Waals surface area contributed by atoms with Gasteiger partial charge in [-0.15, -0.1) is 5.10 Å². The van der Waals surface area contributed by atoms with Crippen molar-refractivity contribution in [2.24, 2.45) is 7.05 Å².